The number of likely N-dealkylation sites (N-methyl/N-ethyl adjacent to an activating group) is 1. The van der Waals surface area contributed by atoms with Crippen LogP contribution in [0.4, 0.5) is 0 Å². The molecule has 1 aliphatic heterocycles. The van der Waals surface area contributed by atoms with E-state index in [1.165, 1.54) is 24.3 Å². The van der Waals surface area contributed by atoms with Gasteiger partial charge in [-0.2, -0.15) is 0 Å². The number of para-hydroxylation sites is 1. The van der Waals surface area contributed by atoms with Crippen molar-refractivity contribution >= 4 is 29.3 Å². The van der Waals surface area contributed by atoms with Crippen LogP contribution in [0.3, 0.4) is 0 Å². The number of rotatable bonds is 2. The summed E-state index contributed by atoms with van der Waals surface area (Å²) in [5, 5.41) is 20.4. The SMILES string of the molecule is CN1C(=O)C(C2CCCCC2)NCCOc2ccccc2CCCNC(=O)CNC(=O)C1C(C)(C)O.Cc1ccc(Cl)cc1. The third kappa shape index (κ3) is 11.1. The van der Waals surface area contributed by atoms with Crippen LogP contribution in [-0.4, -0.2) is 78.7 Å². The van der Waals surface area contributed by atoms with Crippen molar-refractivity contribution in [2.24, 2.45) is 5.92 Å². The first-order valence-corrected chi connectivity index (χ1v) is 16.0. The normalized spacial score (nSPS) is 21.8. The van der Waals surface area contributed by atoms with E-state index in [1.807, 2.05) is 55.5 Å². The second-order valence-electron chi connectivity index (χ2n) is 12.3. The van der Waals surface area contributed by atoms with Gasteiger partial charge in [0.2, 0.25) is 17.7 Å². The first kappa shape index (κ1) is 35.3. The van der Waals surface area contributed by atoms with Crippen LogP contribution >= 0.6 is 11.6 Å². The minimum atomic E-state index is -1.50. The highest BCUT2D eigenvalue weighted by atomic mass is 35.5. The number of fused-ring (bicyclic) bond motifs is 1. The van der Waals surface area contributed by atoms with Crippen molar-refractivity contribution in [1.82, 2.24) is 20.9 Å². The highest BCUT2D eigenvalue weighted by Gasteiger charge is 2.42. The second kappa shape index (κ2) is 17.4. The van der Waals surface area contributed by atoms with E-state index in [2.05, 4.69) is 16.0 Å². The molecule has 1 aliphatic carbocycles. The number of benzene rings is 2. The van der Waals surface area contributed by atoms with Gasteiger partial charge in [0.05, 0.1) is 18.2 Å². The quantitative estimate of drug-likeness (QED) is 0.399. The molecule has 9 nitrogen and oxygen atoms in total. The summed E-state index contributed by atoms with van der Waals surface area (Å²) < 4.78 is 6.07. The highest BCUT2D eigenvalue weighted by Crippen LogP contribution is 2.28. The smallest absolute Gasteiger partial charge is 0.246 e. The number of nitrogens with zero attached hydrogens (tertiary/aromatic N) is 1. The van der Waals surface area contributed by atoms with Crippen LogP contribution in [0.5, 0.6) is 5.75 Å². The van der Waals surface area contributed by atoms with Gasteiger partial charge in [0.1, 0.15) is 18.4 Å². The Morgan fingerprint density at radius 2 is 1.61 bits per heavy atom. The highest BCUT2D eigenvalue weighted by molar-refractivity contribution is 6.30. The lowest BCUT2D eigenvalue weighted by atomic mass is 9.82. The predicted molar refractivity (Wildman–Crippen MR) is 174 cm³/mol. The molecule has 0 saturated heterocycles. The molecule has 3 amide bonds. The molecule has 10 heteroatoms. The fraction of sp³-hybridized carbons (Fsp3) is 0.559. The van der Waals surface area contributed by atoms with Gasteiger partial charge >= 0.3 is 0 Å². The average Bonchev–Trinajstić information content (AvgIpc) is 2.99. The third-order valence-electron chi connectivity index (χ3n) is 8.12. The summed E-state index contributed by atoms with van der Waals surface area (Å²) >= 11 is 5.61. The Labute approximate surface area is 267 Å². The molecule has 2 atom stereocenters. The van der Waals surface area contributed by atoms with E-state index >= 15 is 0 Å². The average molecular weight is 629 g/mol. The van der Waals surface area contributed by atoms with Crippen LogP contribution in [-0.2, 0) is 20.8 Å². The molecule has 2 aromatic rings. The molecule has 1 saturated carbocycles. The molecular weight excluding hydrogens is 580 g/mol. The molecular formula is C34H49ClN4O5. The maximum absolute atomic E-state index is 13.8. The molecule has 4 rings (SSSR count). The Morgan fingerprint density at radius 3 is 2.27 bits per heavy atom. The summed E-state index contributed by atoms with van der Waals surface area (Å²) in [6.45, 7) is 6.14. The topological polar surface area (TPSA) is 120 Å². The summed E-state index contributed by atoms with van der Waals surface area (Å²) in [5.74, 6) is -0.176. The summed E-state index contributed by atoms with van der Waals surface area (Å²) in [7, 11) is 1.55. The second-order valence-corrected chi connectivity index (χ2v) is 12.7. The van der Waals surface area contributed by atoms with E-state index in [1.54, 1.807) is 7.05 Å². The standard InChI is InChI=1S/C27H42N4O5.C7H7Cl/c1-27(2,35)24-25(33)30-18-22(32)28-15-9-13-19-10-7-8-14-21(19)36-17-16-29-23(26(34)31(24)3)20-11-5-4-6-12-20;1-6-2-4-7(8)5-3-6/h7-8,10,14,20,23-24,29,35H,4-6,9,11-13,15-18H2,1-3H3,(H,28,32)(H,30,33);2-5H,1H3. The molecule has 44 heavy (non-hydrogen) atoms. The summed E-state index contributed by atoms with van der Waals surface area (Å²) in [5.41, 5.74) is 0.804. The number of ether oxygens (including phenoxy) is 1. The molecule has 2 unspecified atom stereocenters. The Kier molecular flexibility index (Phi) is 14.0. The number of carbonyl (C=O) groups is 3. The molecule has 2 aromatic carbocycles. The van der Waals surface area contributed by atoms with Gasteiger partial charge < -0.3 is 30.7 Å². The van der Waals surface area contributed by atoms with E-state index in [0.29, 0.717) is 19.7 Å². The molecule has 4 N–H and O–H groups in total. The van der Waals surface area contributed by atoms with Crippen LogP contribution in [0.25, 0.3) is 0 Å². The minimum Gasteiger partial charge on any atom is -0.492 e. The first-order valence-electron chi connectivity index (χ1n) is 15.7. The number of hydrogen-bond acceptors (Lipinski definition) is 6. The monoisotopic (exact) mass is 628 g/mol. The fourth-order valence-electron chi connectivity index (χ4n) is 5.83. The number of aliphatic hydroxyl groups is 1. The number of amides is 3. The summed E-state index contributed by atoms with van der Waals surface area (Å²) in [6, 6.07) is 14.0. The summed E-state index contributed by atoms with van der Waals surface area (Å²) in [6.07, 6.45) is 6.62. The van der Waals surface area contributed by atoms with Gasteiger partial charge in [0.15, 0.2) is 0 Å². The lowest BCUT2D eigenvalue weighted by Crippen LogP contribution is -2.62. The van der Waals surface area contributed by atoms with Gasteiger partial charge in [-0.05, 0) is 76.1 Å². The van der Waals surface area contributed by atoms with Gasteiger partial charge in [-0.15, -0.1) is 0 Å². The van der Waals surface area contributed by atoms with E-state index in [4.69, 9.17) is 16.3 Å². The zero-order valence-corrected chi connectivity index (χ0v) is 27.3. The molecule has 1 heterocycles. The fourth-order valence-corrected chi connectivity index (χ4v) is 5.96. The number of carbonyl (C=O) groups excluding carboxylic acids is 3. The lowest BCUT2D eigenvalue weighted by molar-refractivity contribution is -0.150. The first-order chi connectivity index (χ1) is 21.0. The van der Waals surface area contributed by atoms with Gasteiger partial charge in [0.25, 0.3) is 0 Å². The molecule has 0 spiro atoms. The zero-order valence-electron chi connectivity index (χ0n) is 26.5. The number of halogens is 1. The Bertz CT molecular complexity index is 1190. The van der Waals surface area contributed by atoms with Crippen LogP contribution < -0.4 is 20.7 Å². The number of aryl methyl sites for hydroxylation is 2. The van der Waals surface area contributed by atoms with E-state index < -0.39 is 23.6 Å². The van der Waals surface area contributed by atoms with Crippen molar-refractivity contribution in [3.8, 4) is 5.75 Å². The number of nitrogens with one attached hydrogen (secondary N) is 3. The van der Waals surface area contributed by atoms with Gasteiger partial charge in [0, 0.05) is 25.2 Å². The van der Waals surface area contributed by atoms with Crippen molar-refractivity contribution in [1.29, 1.82) is 0 Å². The molecule has 0 aromatic heterocycles. The van der Waals surface area contributed by atoms with Crippen LogP contribution in [0, 0.1) is 12.8 Å². The molecule has 0 bridgehead atoms. The zero-order chi connectivity index (χ0) is 32.1. The minimum absolute atomic E-state index is 0.142. The largest absolute Gasteiger partial charge is 0.492 e. The lowest BCUT2D eigenvalue weighted by Gasteiger charge is -2.39. The molecule has 242 valence electrons. The van der Waals surface area contributed by atoms with Gasteiger partial charge in [-0.1, -0.05) is 66.8 Å². The number of hydrogen-bond donors (Lipinski definition) is 4. The van der Waals surface area contributed by atoms with Crippen molar-refractivity contribution < 1.29 is 24.2 Å². The Balaban J connectivity index is 0.000000572. The van der Waals surface area contributed by atoms with Crippen LogP contribution in [0.2, 0.25) is 5.02 Å². The van der Waals surface area contributed by atoms with Crippen molar-refractivity contribution in [3.05, 3.63) is 64.7 Å². The van der Waals surface area contributed by atoms with Crippen molar-refractivity contribution in [3.63, 3.8) is 0 Å². The van der Waals surface area contributed by atoms with Crippen molar-refractivity contribution in [2.75, 3.05) is 33.3 Å². The Hall–Kier alpha value is -3.14. The van der Waals surface area contributed by atoms with Gasteiger partial charge in [-0.25, -0.2) is 0 Å². The third-order valence-corrected chi connectivity index (χ3v) is 8.37. The molecule has 0 radical (unpaired) electrons. The summed E-state index contributed by atoms with van der Waals surface area (Å²) in [4.78, 5) is 40.5. The maximum atomic E-state index is 13.8. The van der Waals surface area contributed by atoms with Crippen molar-refractivity contribution in [2.45, 2.75) is 83.4 Å². The Morgan fingerprint density at radius 1 is 0.932 bits per heavy atom. The molecule has 2 aliphatic rings. The van der Waals surface area contributed by atoms with E-state index in [-0.39, 0.29) is 24.3 Å². The van der Waals surface area contributed by atoms with Crippen LogP contribution in [0.15, 0.2) is 48.5 Å². The van der Waals surface area contributed by atoms with E-state index in [9.17, 15) is 19.5 Å². The molecule has 1 fully saturated rings. The van der Waals surface area contributed by atoms with Crippen LogP contribution in [0.1, 0.15) is 63.5 Å². The predicted octanol–water partition coefficient (Wildman–Crippen LogP) is 4.03. The van der Waals surface area contributed by atoms with E-state index in [0.717, 1.165) is 61.3 Å². The van der Waals surface area contributed by atoms with Gasteiger partial charge in [-0.3, -0.25) is 14.4 Å². The maximum Gasteiger partial charge on any atom is 0.246 e.